The Morgan fingerprint density at radius 2 is 2.17 bits per heavy atom. The second-order valence-electron chi connectivity index (χ2n) is 5.57. The average molecular weight is 332 g/mol. The molecular weight excluding hydrogens is 308 g/mol. The van der Waals surface area contributed by atoms with Crippen molar-refractivity contribution in [1.29, 1.82) is 0 Å². The molecule has 24 heavy (non-hydrogen) atoms. The SMILES string of the molecule is CCCCN(C)C(=O)c1nc(C(=O)NCCOC)n2ccccc12. The maximum Gasteiger partial charge on any atom is 0.287 e. The lowest BCUT2D eigenvalue weighted by Crippen LogP contribution is -2.29. The van der Waals surface area contributed by atoms with Crippen LogP contribution in [-0.4, -0.2) is 60.0 Å². The molecule has 7 heteroatoms. The molecule has 0 fully saturated rings. The predicted octanol–water partition coefficient (Wildman–Crippen LogP) is 1.58. The second-order valence-corrected chi connectivity index (χ2v) is 5.57. The van der Waals surface area contributed by atoms with E-state index in [4.69, 9.17) is 4.74 Å². The van der Waals surface area contributed by atoms with Crippen molar-refractivity contribution >= 4 is 17.3 Å². The van der Waals surface area contributed by atoms with Crippen molar-refractivity contribution in [2.24, 2.45) is 0 Å². The monoisotopic (exact) mass is 332 g/mol. The largest absolute Gasteiger partial charge is 0.383 e. The molecule has 0 aliphatic carbocycles. The first-order valence-corrected chi connectivity index (χ1v) is 8.09. The number of hydrogen-bond acceptors (Lipinski definition) is 4. The lowest BCUT2D eigenvalue weighted by molar-refractivity contribution is 0.0790. The van der Waals surface area contributed by atoms with Crippen LogP contribution in [0.4, 0.5) is 0 Å². The fourth-order valence-electron chi connectivity index (χ4n) is 2.38. The van der Waals surface area contributed by atoms with Crippen LogP contribution >= 0.6 is 0 Å². The van der Waals surface area contributed by atoms with Gasteiger partial charge in [-0.3, -0.25) is 14.0 Å². The van der Waals surface area contributed by atoms with Gasteiger partial charge in [0.05, 0.1) is 12.1 Å². The minimum Gasteiger partial charge on any atom is -0.383 e. The van der Waals surface area contributed by atoms with Crippen LogP contribution < -0.4 is 5.32 Å². The zero-order valence-electron chi connectivity index (χ0n) is 14.4. The number of pyridine rings is 1. The van der Waals surface area contributed by atoms with Crippen LogP contribution in [-0.2, 0) is 4.74 Å². The molecular formula is C17H24N4O3. The van der Waals surface area contributed by atoms with E-state index >= 15 is 0 Å². The maximum atomic E-state index is 12.7. The fourth-order valence-corrected chi connectivity index (χ4v) is 2.38. The molecule has 130 valence electrons. The molecule has 0 saturated carbocycles. The number of ether oxygens (including phenoxy) is 1. The van der Waals surface area contributed by atoms with Crippen LogP contribution in [0.25, 0.3) is 5.52 Å². The van der Waals surface area contributed by atoms with Crippen molar-refractivity contribution in [3.8, 4) is 0 Å². The number of hydrogen-bond donors (Lipinski definition) is 1. The quantitative estimate of drug-likeness (QED) is 0.745. The topological polar surface area (TPSA) is 75.9 Å². The Morgan fingerprint density at radius 3 is 2.88 bits per heavy atom. The Bertz CT molecular complexity index is 711. The van der Waals surface area contributed by atoms with Gasteiger partial charge < -0.3 is 15.0 Å². The van der Waals surface area contributed by atoms with E-state index in [-0.39, 0.29) is 17.6 Å². The van der Waals surface area contributed by atoms with E-state index in [1.165, 1.54) is 0 Å². The average Bonchev–Trinajstić information content (AvgIpc) is 2.99. The number of rotatable bonds is 8. The molecule has 0 saturated heterocycles. The van der Waals surface area contributed by atoms with Crippen LogP contribution in [0.2, 0.25) is 0 Å². The third-order valence-electron chi connectivity index (χ3n) is 3.74. The van der Waals surface area contributed by atoms with Crippen LogP contribution in [0.1, 0.15) is 40.9 Å². The summed E-state index contributed by atoms with van der Waals surface area (Å²) in [5.74, 6) is -0.305. The first-order valence-electron chi connectivity index (χ1n) is 8.09. The highest BCUT2D eigenvalue weighted by atomic mass is 16.5. The Morgan fingerprint density at radius 1 is 1.38 bits per heavy atom. The van der Waals surface area contributed by atoms with Gasteiger partial charge in [-0.2, -0.15) is 0 Å². The van der Waals surface area contributed by atoms with E-state index in [2.05, 4.69) is 17.2 Å². The van der Waals surface area contributed by atoms with Gasteiger partial charge in [-0.25, -0.2) is 4.98 Å². The molecule has 0 bridgehead atoms. The number of nitrogens with one attached hydrogen (secondary N) is 1. The van der Waals surface area contributed by atoms with Crippen LogP contribution in [0.5, 0.6) is 0 Å². The van der Waals surface area contributed by atoms with Crippen LogP contribution in [0.3, 0.4) is 0 Å². The predicted molar refractivity (Wildman–Crippen MR) is 91.3 cm³/mol. The molecule has 0 aliphatic rings. The molecule has 2 amide bonds. The number of fused-ring (bicyclic) bond motifs is 1. The highest BCUT2D eigenvalue weighted by molar-refractivity contribution is 6.02. The van der Waals surface area contributed by atoms with Gasteiger partial charge in [0.2, 0.25) is 5.82 Å². The standard InChI is InChI=1S/C17H24N4O3/c1-4-5-10-20(2)17(23)14-13-8-6-7-11-21(13)15(19-14)16(22)18-9-12-24-3/h6-8,11H,4-5,9-10,12H2,1-3H3,(H,18,22). The van der Waals surface area contributed by atoms with Gasteiger partial charge in [-0.1, -0.05) is 19.4 Å². The summed E-state index contributed by atoms with van der Waals surface area (Å²) >= 11 is 0. The number of unbranched alkanes of at least 4 members (excludes halogenated alkanes) is 1. The molecule has 0 radical (unpaired) electrons. The lowest BCUT2D eigenvalue weighted by Gasteiger charge is -2.15. The van der Waals surface area contributed by atoms with E-state index < -0.39 is 0 Å². The first-order chi connectivity index (χ1) is 11.6. The van der Waals surface area contributed by atoms with Gasteiger partial charge in [-0.05, 0) is 18.6 Å². The van der Waals surface area contributed by atoms with E-state index in [1.807, 2.05) is 6.07 Å². The van der Waals surface area contributed by atoms with Crippen molar-refractivity contribution in [3.63, 3.8) is 0 Å². The summed E-state index contributed by atoms with van der Waals surface area (Å²) in [6, 6.07) is 5.42. The number of carbonyl (C=O) groups excluding carboxylic acids is 2. The minimum atomic E-state index is -0.330. The summed E-state index contributed by atoms with van der Waals surface area (Å²) < 4.78 is 6.57. The van der Waals surface area contributed by atoms with Crippen LogP contribution in [0.15, 0.2) is 24.4 Å². The Kier molecular flexibility index (Phi) is 6.31. The number of aromatic nitrogens is 2. The van der Waals surface area contributed by atoms with Crippen molar-refractivity contribution in [2.75, 3.05) is 33.9 Å². The minimum absolute atomic E-state index is 0.178. The first kappa shape index (κ1) is 17.9. The number of imidazole rings is 1. The lowest BCUT2D eigenvalue weighted by atomic mass is 10.2. The summed E-state index contributed by atoms with van der Waals surface area (Å²) in [5, 5.41) is 2.74. The summed E-state index contributed by atoms with van der Waals surface area (Å²) in [6.45, 7) is 3.54. The number of carbonyl (C=O) groups is 2. The van der Waals surface area contributed by atoms with E-state index in [9.17, 15) is 9.59 Å². The summed E-state index contributed by atoms with van der Waals surface area (Å²) in [5.41, 5.74) is 0.925. The third-order valence-corrected chi connectivity index (χ3v) is 3.74. The number of methoxy groups -OCH3 is 1. The van der Waals surface area contributed by atoms with E-state index in [1.54, 1.807) is 41.8 Å². The summed E-state index contributed by atoms with van der Waals surface area (Å²) in [6.07, 6.45) is 3.67. The van der Waals surface area contributed by atoms with Gasteiger partial charge in [0.25, 0.3) is 11.8 Å². The molecule has 0 spiro atoms. The normalized spacial score (nSPS) is 10.8. The smallest absolute Gasteiger partial charge is 0.287 e. The molecule has 0 atom stereocenters. The molecule has 2 rings (SSSR count). The molecule has 7 nitrogen and oxygen atoms in total. The van der Waals surface area contributed by atoms with Crippen molar-refractivity contribution < 1.29 is 14.3 Å². The molecule has 0 aliphatic heterocycles. The highest BCUT2D eigenvalue weighted by Gasteiger charge is 2.23. The Hall–Kier alpha value is -2.41. The second kappa shape index (κ2) is 8.44. The number of nitrogens with zero attached hydrogens (tertiary/aromatic N) is 3. The van der Waals surface area contributed by atoms with Crippen molar-refractivity contribution in [1.82, 2.24) is 19.6 Å². The molecule has 1 N–H and O–H groups in total. The van der Waals surface area contributed by atoms with Gasteiger partial charge in [0.15, 0.2) is 5.69 Å². The zero-order valence-corrected chi connectivity index (χ0v) is 14.4. The fraction of sp³-hybridized carbons (Fsp3) is 0.471. The molecule has 0 unspecified atom stereocenters. The van der Waals surface area contributed by atoms with Gasteiger partial charge in [-0.15, -0.1) is 0 Å². The van der Waals surface area contributed by atoms with Gasteiger partial charge >= 0.3 is 0 Å². The molecule has 2 aromatic heterocycles. The maximum absolute atomic E-state index is 12.7. The van der Waals surface area contributed by atoms with Crippen molar-refractivity contribution in [3.05, 3.63) is 35.9 Å². The molecule has 2 heterocycles. The summed E-state index contributed by atoms with van der Waals surface area (Å²) in [7, 11) is 3.32. The van der Waals surface area contributed by atoms with Gasteiger partial charge in [0.1, 0.15) is 0 Å². The van der Waals surface area contributed by atoms with Crippen LogP contribution in [0, 0.1) is 0 Å². The molecule has 0 aromatic carbocycles. The molecule has 2 aromatic rings. The van der Waals surface area contributed by atoms with Crippen molar-refractivity contribution in [2.45, 2.75) is 19.8 Å². The Balaban J connectivity index is 2.31. The zero-order chi connectivity index (χ0) is 17.5. The van der Waals surface area contributed by atoms with E-state index in [0.717, 1.165) is 12.8 Å². The third kappa shape index (κ3) is 3.91. The summed E-state index contributed by atoms with van der Waals surface area (Å²) in [4.78, 5) is 31.0. The number of amides is 2. The Labute approximate surface area is 141 Å². The van der Waals surface area contributed by atoms with E-state index in [0.29, 0.717) is 30.9 Å². The van der Waals surface area contributed by atoms with Gasteiger partial charge in [0, 0.05) is 33.4 Å². The highest BCUT2D eigenvalue weighted by Crippen LogP contribution is 2.15.